The topological polar surface area (TPSA) is 46.3 Å². The Morgan fingerprint density at radius 1 is 0.864 bits per heavy atom. The van der Waals surface area contributed by atoms with E-state index in [1.54, 1.807) is 5.57 Å². The van der Waals surface area contributed by atoms with Gasteiger partial charge < -0.3 is 4.90 Å². The smallest absolute Gasteiger partial charge is 0.162 e. The lowest BCUT2D eigenvalue weighted by molar-refractivity contribution is 0.254. The number of aryl methyl sites for hydroxylation is 2. The van der Waals surface area contributed by atoms with E-state index in [1.165, 1.54) is 21.6 Å². The van der Waals surface area contributed by atoms with Gasteiger partial charge in [-0.3, -0.25) is 9.56 Å². The van der Waals surface area contributed by atoms with Gasteiger partial charge in [0.15, 0.2) is 5.82 Å². The van der Waals surface area contributed by atoms with Crippen molar-refractivity contribution in [1.29, 1.82) is 0 Å². The molecule has 2 aromatic heterocycles. The highest BCUT2D eigenvalue weighted by Gasteiger charge is 2.29. The second kappa shape index (κ2) is 12.6. The summed E-state index contributed by atoms with van der Waals surface area (Å²) in [5.74, 6) is 1.77. The summed E-state index contributed by atoms with van der Waals surface area (Å²) in [7, 11) is 0. The average Bonchev–Trinajstić information content (AvgIpc) is 3.62. The first kappa shape index (κ1) is 28.9. The Morgan fingerprint density at radius 2 is 1.52 bits per heavy atom. The second-order valence-corrected chi connectivity index (χ2v) is 13.2. The van der Waals surface area contributed by atoms with Crippen LogP contribution in [0.5, 0.6) is 0 Å². The van der Waals surface area contributed by atoms with Crippen LogP contribution in [0.3, 0.4) is 0 Å². The summed E-state index contributed by atoms with van der Waals surface area (Å²) in [5.41, 5.74) is 8.65. The highest BCUT2D eigenvalue weighted by Crippen LogP contribution is 2.38. The molecule has 0 amide bonds. The first-order valence-electron chi connectivity index (χ1n) is 15.5. The maximum absolute atomic E-state index is 6.70. The Balaban J connectivity index is 1.08. The third kappa shape index (κ3) is 5.70. The molecule has 222 valence electrons. The van der Waals surface area contributed by atoms with Crippen molar-refractivity contribution in [2.45, 2.75) is 45.6 Å². The van der Waals surface area contributed by atoms with Crippen molar-refractivity contribution < 1.29 is 0 Å². The summed E-state index contributed by atoms with van der Waals surface area (Å²) in [6.07, 6.45) is 4.36. The predicted molar refractivity (Wildman–Crippen MR) is 182 cm³/mol. The molecular weight excluding hydrogens is 582 g/mol. The van der Waals surface area contributed by atoms with Crippen LogP contribution >= 0.6 is 22.9 Å². The van der Waals surface area contributed by atoms with Crippen molar-refractivity contribution in [1.82, 2.24) is 19.7 Å². The molecule has 7 heteroatoms. The van der Waals surface area contributed by atoms with E-state index >= 15 is 0 Å². The van der Waals surface area contributed by atoms with Crippen molar-refractivity contribution >= 4 is 34.2 Å². The number of hydrogen-bond donors (Lipinski definition) is 0. The molecule has 0 aliphatic carbocycles. The van der Waals surface area contributed by atoms with Crippen LogP contribution in [0.2, 0.25) is 5.02 Å². The van der Waals surface area contributed by atoms with Crippen LogP contribution in [0, 0.1) is 6.92 Å². The third-order valence-corrected chi connectivity index (χ3v) is 10.2. The fraction of sp³-hybridized carbons (Fsp3) is 0.270. The van der Waals surface area contributed by atoms with E-state index in [0.29, 0.717) is 5.02 Å². The number of benzene rings is 3. The average molecular weight is 618 g/mol. The lowest BCUT2D eigenvalue weighted by Crippen LogP contribution is -2.32. The van der Waals surface area contributed by atoms with Crippen molar-refractivity contribution in [3.63, 3.8) is 0 Å². The van der Waals surface area contributed by atoms with E-state index in [9.17, 15) is 0 Å². The Labute approximate surface area is 268 Å². The zero-order valence-corrected chi connectivity index (χ0v) is 26.8. The molecule has 0 N–H and O–H groups in total. The normalized spacial score (nSPS) is 16.7. The predicted octanol–water partition coefficient (Wildman–Crippen LogP) is 8.73. The van der Waals surface area contributed by atoms with Crippen LogP contribution in [0.15, 0.2) is 102 Å². The van der Waals surface area contributed by atoms with Crippen molar-refractivity contribution in [3.8, 4) is 5.00 Å². The molecule has 4 heterocycles. The Hall–Kier alpha value is -3.84. The number of hydrogen-bond acceptors (Lipinski definition) is 5. The fourth-order valence-electron chi connectivity index (χ4n) is 6.54. The van der Waals surface area contributed by atoms with Crippen molar-refractivity contribution in [3.05, 3.63) is 140 Å². The van der Waals surface area contributed by atoms with Gasteiger partial charge in [-0.05, 0) is 74.9 Å². The van der Waals surface area contributed by atoms with Gasteiger partial charge in [0, 0.05) is 34.1 Å². The van der Waals surface area contributed by atoms with Crippen LogP contribution in [0.1, 0.15) is 71.0 Å². The van der Waals surface area contributed by atoms with Crippen molar-refractivity contribution in [2.24, 2.45) is 4.99 Å². The number of fused-ring (bicyclic) bond motifs is 3. The van der Waals surface area contributed by atoms with Gasteiger partial charge in [-0.25, -0.2) is 0 Å². The molecule has 0 spiro atoms. The van der Waals surface area contributed by atoms with Crippen LogP contribution in [-0.4, -0.2) is 45.0 Å². The van der Waals surface area contributed by atoms with Gasteiger partial charge in [0.05, 0.1) is 5.71 Å². The number of halogens is 1. The molecule has 0 radical (unpaired) electrons. The van der Waals surface area contributed by atoms with E-state index in [-0.39, 0.29) is 6.04 Å². The molecule has 1 fully saturated rings. The summed E-state index contributed by atoms with van der Waals surface area (Å²) in [4.78, 5) is 9.13. The van der Waals surface area contributed by atoms with E-state index in [1.807, 2.05) is 36.5 Å². The van der Waals surface area contributed by atoms with Gasteiger partial charge in [0.1, 0.15) is 16.9 Å². The number of piperidine rings is 1. The molecule has 5 nitrogen and oxygen atoms in total. The SMILES string of the molecule is Cc1nnc2n1-c1sc(CCCN3CCC(=C(c4ccccc4)c4ccccc4)CC3)cc1C(c1ccccc1Cl)=NC2C. The maximum atomic E-state index is 6.70. The van der Waals surface area contributed by atoms with Gasteiger partial charge in [0.25, 0.3) is 0 Å². The largest absolute Gasteiger partial charge is 0.303 e. The summed E-state index contributed by atoms with van der Waals surface area (Å²) < 4.78 is 2.19. The first-order valence-corrected chi connectivity index (χ1v) is 16.7. The van der Waals surface area contributed by atoms with E-state index in [2.05, 4.69) is 99.4 Å². The Bertz CT molecular complexity index is 1780. The number of aliphatic imine (C=N–C) groups is 1. The second-order valence-electron chi connectivity index (χ2n) is 11.7. The number of nitrogens with zero attached hydrogens (tertiary/aromatic N) is 5. The van der Waals surface area contributed by atoms with Crippen LogP contribution in [0.4, 0.5) is 0 Å². The van der Waals surface area contributed by atoms with Crippen LogP contribution < -0.4 is 0 Å². The van der Waals surface area contributed by atoms with Gasteiger partial charge in [-0.15, -0.1) is 21.5 Å². The third-order valence-electron chi connectivity index (χ3n) is 8.73. The molecule has 44 heavy (non-hydrogen) atoms. The standard InChI is InChI=1S/C37H36ClN5S/c1-25-36-41-40-26(2)43(36)37-32(35(39-25)31-17-9-10-18-33(31)38)24-30(44-37)16-11-21-42-22-19-29(20-23-42)34(27-12-5-3-6-13-27)28-14-7-4-8-15-28/h3-10,12-15,17-18,24-25H,11,16,19-23H2,1-2H3. The molecular formula is C37H36ClN5S. The summed E-state index contributed by atoms with van der Waals surface area (Å²) >= 11 is 8.53. The van der Waals surface area contributed by atoms with E-state index in [0.717, 1.165) is 78.8 Å². The minimum atomic E-state index is -0.118. The molecule has 7 rings (SSSR count). The highest BCUT2D eigenvalue weighted by molar-refractivity contribution is 7.15. The molecule has 1 atom stereocenters. The lowest BCUT2D eigenvalue weighted by atomic mass is 9.88. The Morgan fingerprint density at radius 3 is 2.20 bits per heavy atom. The molecule has 1 saturated heterocycles. The number of likely N-dealkylation sites (tertiary alicyclic amines) is 1. The zero-order valence-electron chi connectivity index (χ0n) is 25.2. The Kier molecular flexibility index (Phi) is 8.30. The fourth-order valence-corrected chi connectivity index (χ4v) is 8.02. The molecule has 2 aliphatic rings. The maximum Gasteiger partial charge on any atom is 0.162 e. The van der Waals surface area contributed by atoms with Gasteiger partial charge in [-0.2, -0.15) is 0 Å². The number of aromatic nitrogens is 3. The molecule has 0 saturated carbocycles. The lowest BCUT2D eigenvalue weighted by Gasteiger charge is -2.30. The van der Waals surface area contributed by atoms with Crippen molar-refractivity contribution in [2.75, 3.05) is 19.6 Å². The summed E-state index contributed by atoms with van der Waals surface area (Å²) in [6, 6.07) is 32.0. The molecule has 5 aromatic rings. The monoisotopic (exact) mass is 617 g/mol. The first-order chi connectivity index (χ1) is 21.6. The summed E-state index contributed by atoms with van der Waals surface area (Å²) in [6.45, 7) is 7.40. The minimum Gasteiger partial charge on any atom is -0.303 e. The molecule has 3 aromatic carbocycles. The highest BCUT2D eigenvalue weighted by atomic mass is 35.5. The minimum absolute atomic E-state index is 0.118. The quantitative estimate of drug-likeness (QED) is 0.183. The van der Waals surface area contributed by atoms with E-state index < -0.39 is 0 Å². The zero-order chi connectivity index (χ0) is 30.0. The van der Waals surface area contributed by atoms with Crippen LogP contribution in [0.25, 0.3) is 10.6 Å². The number of thiophene rings is 1. The molecule has 0 bridgehead atoms. The van der Waals surface area contributed by atoms with Gasteiger partial charge >= 0.3 is 0 Å². The number of rotatable bonds is 7. The van der Waals surface area contributed by atoms with E-state index in [4.69, 9.17) is 16.6 Å². The van der Waals surface area contributed by atoms with Crippen LogP contribution in [-0.2, 0) is 6.42 Å². The summed E-state index contributed by atoms with van der Waals surface area (Å²) in [5, 5.41) is 10.8. The molecule has 2 aliphatic heterocycles. The molecule has 1 unspecified atom stereocenters. The van der Waals surface area contributed by atoms with Gasteiger partial charge in [-0.1, -0.05) is 96.0 Å². The van der Waals surface area contributed by atoms with Gasteiger partial charge in [0.2, 0.25) is 0 Å².